The molecule has 288 valence electrons. The number of fused-ring (bicyclic) bond motifs is 4. The number of para-hydroxylation sites is 4. The summed E-state index contributed by atoms with van der Waals surface area (Å²) in [6.07, 6.45) is 0. The molecule has 2 aromatic heterocycles. The molecule has 2 heterocycles. The second kappa shape index (κ2) is 15.3. The van der Waals surface area contributed by atoms with Crippen molar-refractivity contribution < 1.29 is 0 Å². The van der Waals surface area contributed by atoms with Gasteiger partial charge < -0.3 is 9.47 Å². The Morgan fingerprint density at radius 1 is 0.344 bits per heavy atom. The number of nitrogens with zero attached hydrogens (tertiary/aromatic N) is 4. The normalized spacial score (nSPS) is 11.4. The Labute approximate surface area is 355 Å². The third-order valence-corrected chi connectivity index (χ3v) is 11.7. The van der Waals surface area contributed by atoms with E-state index in [0.717, 1.165) is 61.9 Å². The number of anilines is 3. The maximum atomic E-state index is 5.17. The fourth-order valence-corrected chi connectivity index (χ4v) is 8.57. The van der Waals surface area contributed by atoms with Crippen LogP contribution in [0.15, 0.2) is 224 Å². The molecule has 11 aromatic rings. The second-order valence-electron chi connectivity index (χ2n) is 15.5. The van der Waals surface area contributed by atoms with Gasteiger partial charge in [0, 0.05) is 44.6 Å². The number of benzene rings is 9. The highest BCUT2D eigenvalue weighted by atomic mass is 15.1. The molecule has 4 nitrogen and oxygen atoms in total. The van der Waals surface area contributed by atoms with Crippen LogP contribution >= 0.6 is 0 Å². The first kappa shape index (κ1) is 36.0. The zero-order valence-corrected chi connectivity index (χ0v) is 33.7. The van der Waals surface area contributed by atoms with Crippen LogP contribution < -0.4 is 4.90 Å². The first-order valence-corrected chi connectivity index (χ1v) is 20.7. The van der Waals surface area contributed by atoms with Crippen LogP contribution in [0.5, 0.6) is 0 Å². The second-order valence-corrected chi connectivity index (χ2v) is 15.5. The van der Waals surface area contributed by atoms with E-state index in [1.54, 1.807) is 0 Å². The van der Waals surface area contributed by atoms with Crippen LogP contribution in [0.2, 0.25) is 0 Å². The van der Waals surface area contributed by atoms with E-state index in [1.165, 1.54) is 44.1 Å². The minimum Gasteiger partial charge on any atom is -0.311 e. The fraction of sp³-hybridized carbons (Fsp3) is 0.0175. The van der Waals surface area contributed by atoms with Crippen molar-refractivity contribution in [3.05, 3.63) is 230 Å². The molecule has 4 heteroatoms. The number of hydrogen-bond donors (Lipinski definition) is 0. The van der Waals surface area contributed by atoms with Crippen molar-refractivity contribution in [2.45, 2.75) is 6.92 Å². The first-order valence-electron chi connectivity index (χ1n) is 20.7. The Kier molecular flexibility index (Phi) is 9.02. The van der Waals surface area contributed by atoms with Gasteiger partial charge >= 0.3 is 0 Å². The van der Waals surface area contributed by atoms with E-state index in [0.29, 0.717) is 0 Å². The lowest BCUT2D eigenvalue weighted by Crippen LogP contribution is -2.10. The van der Waals surface area contributed by atoms with Crippen molar-refractivity contribution in [3.63, 3.8) is 0 Å². The number of rotatable bonds is 8. The highest BCUT2D eigenvalue weighted by molar-refractivity contribution is 6.10. The van der Waals surface area contributed by atoms with Gasteiger partial charge in [0.15, 0.2) is 0 Å². The molecule has 0 aliphatic heterocycles. The fourth-order valence-electron chi connectivity index (χ4n) is 8.57. The first-order chi connectivity index (χ1) is 30.1. The van der Waals surface area contributed by atoms with Crippen LogP contribution in [0, 0.1) is 6.92 Å². The molecule has 0 radical (unpaired) electrons. The van der Waals surface area contributed by atoms with E-state index in [9.17, 15) is 0 Å². The molecule has 0 unspecified atom stereocenters. The predicted molar refractivity (Wildman–Crippen MR) is 255 cm³/mol. The number of aryl methyl sites for hydroxylation is 1. The van der Waals surface area contributed by atoms with E-state index < -0.39 is 0 Å². The Hall–Kier alpha value is -8.08. The van der Waals surface area contributed by atoms with Gasteiger partial charge in [-0.3, -0.25) is 0 Å². The summed E-state index contributed by atoms with van der Waals surface area (Å²) in [5, 5.41) is 2.48. The average Bonchev–Trinajstić information content (AvgIpc) is 3.66. The minimum atomic E-state index is 0.860. The molecular formula is C57H40N4. The van der Waals surface area contributed by atoms with E-state index in [-0.39, 0.29) is 0 Å². The predicted octanol–water partition coefficient (Wildman–Crippen LogP) is 15.2. The van der Waals surface area contributed by atoms with Crippen LogP contribution in [0.25, 0.3) is 83.3 Å². The van der Waals surface area contributed by atoms with Gasteiger partial charge in [-0.25, -0.2) is 9.97 Å². The van der Waals surface area contributed by atoms with E-state index >= 15 is 0 Å². The van der Waals surface area contributed by atoms with Gasteiger partial charge in [0.05, 0.1) is 33.5 Å². The molecule has 0 bridgehead atoms. The molecule has 0 N–H and O–H groups in total. The van der Waals surface area contributed by atoms with Gasteiger partial charge in [0.25, 0.3) is 0 Å². The summed E-state index contributed by atoms with van der Waals surface area (Å²) >= 11 is 0. The van der Waals surface area contributed by atoms with Gasteiger partial charge in [0.1, 0.15) is 0 Å². The van der Waals surface area contributed by atoms with Crippen LogP contribution in [0.3, 0.4) is 0 Å². The average molecular weight is 781 g/mol. The Bertz CT molecular complexity index is 3320. The monoisotopic (exact) mass is 780 g/mol. The molecule has 9 aromatic carbocycles. The molecular weight excluding hydrogens is 741 g/mol. The van der Waals surface area contributed by atoms with Gasteiger partial charge in [0.2, 0.25) is 0 Å². The van der Waals surface area contributed by atoms with Gasteiger partial charge in [-0.1, -0.05) is 151 Å². The lowest BCUT2D eigenvalue weighted by Gasteiger charge is -2.26. The zero-order chi connectivity index (χ0) is 40.7. The van der Waals surface area contributed by atoms with Gasteiger partial charge in [-0.15, -0.1) is 0 Å². The summed E-state index contributed by atoms with van der Waals surface area (Å²) in [5.41, 5.74) is 18.3. The molecule has 0 amide bonds. The standard InChI is InChI=1S/C57H40N4/c1-39-20-22-40(23-21-39)41-24-31-47(32-25-41)60(49-35-28-44(29-36-49)57-56(43-12-4-2-5-13-43)58-52-17-9-10-18-53(52)59-57)48-33-26-42(27-34-48)45-30-37-55-51(38-45)50-16-8-11-19-54(50)61(55)46-14-6-3-7-15-46/h2-38H,1H3. The Morgan fingerprint density at radius 2 is 0.770 bits per heavy atom. The molecule has 0 aliphatic rings. The summed E-state index contributed by atoms with van der Waals surface area (Å²) in [6.45, 7) is 2.12. The van der Waals surface area contributed by atoms with Crippen molar-refractivity contribution in [2.75, 3.05) is 4.90 Å². The minimum absolute atomic E-state index is 0.860. The third-order valence-electron chi connectivity index (χ3n) is 11.7. The summed E-state index contributed by atoms with van der Waals surface area (Å²) < 4.78 is 2.36. The lowest BCUT2D eigenvalue weighted by atomic mass is 10.0. The maximum absolute atomic E-state index is 5.17. The van der Waals surface area contributed by atoms with E-state index in [1.807, 2.05) is 30.3 Å². The molecule has 11 rings (SSSR count). The van der Waals surface area contributed by atoms with Crippen LogP contribution in [0.1, 0.15) is 5.56 Å². The third kappa shape index (κ3) is 6.70. The summed E-state index contributed by atoms with van der Waals surface area (Å²) in [4.78, 5) is 12.6. The molecule has 0 spiro atoms. The van der Waals surface area contributed by atoms with Crippen LogP contribution in [0.4, 0.5) is 17.1 Å². The SMILES string of the molecule is Cc1ccc(-c2ccc(N(c3ccc(-c4ccc5c(c4)c4ccccc4n5-c4ccccc4)cc3)c3ccc(-c4nc5ccccc5nc4-c4ccccc4)cc3)cc2)cc1. The largest absolute Gasteiger partial charge is 0.311 e. The lowest BCUT2D eigenvalue weighted by molar-refractivity contribution is 1.18. The van der Waals surface area contributed by atoms with Crippen molar-refractivity contribution in [2.24, 2.45) is 0 Å². The molecule has 0 saturated heterocycles. The van der Waals surface area contributed by atoms with Gasteiger partial charge in [-0.05, 0) is 108 Å². The molecule has 0 aliphatic carbocycles. The topological polar surface area (TPSA) is 34.0 Å². The summed E-state index contributed by atoms with van der Waals surface area (Å²) in [7, 11) is 0. The highest BCUT2D eigenvalue weighted by Gasteiger charge is 2.18. The van der Waals surface area contributed by atoms with Crippen LogP contribution in [-0.2, 0) is 0 Å². The van der Waals surface area contributed by atoms with Gasteiger partial charge in [-0.2, -0.15) is 0 Å². The van der Waals surface area contributed by atoms with Crippen molar-refractivity contribution in [1.29, 1.82) is 0 Å². The van der Waals surface area contributed by atoms with Crippen molar-refractivity contribution in [1.82, 2.24) is 14.5 Å². The molecule has 61 heavy (non-hydrogen) atoms. The zero-order valence-electron chi connectivity index (χ0n) is 33.7. The van der Waals surface area contributed by atoms with E-state index in [2.05, 4.69) is 211 Å². The summed E-state index contributed by atoms with van der Waals surface area (Å²) in [6, 6.07) is 79.8. The smallest absolute Gasteiger partial charge is 0.0973 e. The maximum Gasteiger partial charge on any atom is 0.0973 e. The Morgan fingerprint density at radius 3 is 1.36 bits per heavy atom. The van der Waals surface area contributed by atoms with Crippen LogP contribution in [-0.4, -0.2) is 14.5 Å². The highest BCUT2D eigenvalue weighted by Crippen LogP contribution is 2.40. The molecule has 0 atom stereocenters. The molecule has 0 fully saturated rings. The summed E-state index contributed by atoms with van der Waals surface area (Å²) in [5.74, 6) is 0. The van der Waals surface area contributed by atoms with E-state index in [4.69, 9.17) is 9.97 Å². The molecule has 0 saturated carbocycles. The quantitative estimate of drug-likeness (QED) is 0.154. The Balaban J connectivity index is 0.989. The van der Waals surface area contributed by atoms with Crippen molar-refractivity contribution in [3.8, 4) is 50.5 Å². The van der Waals surface area contributed by atoms with Crippen molar-refractivity contribution >= 4 is 49.9 Å². The number of hydrogen-bond acceptors (Lipinski definition) is 3. The number of aromatic nitrogens is 3.